The molecule has 4 heteroatoms. The van der Waals surface area contributed by atoms with Gasteiger partial charge in [0.25, 0.3) is 0 Å². The van der Waals surface area contributed by atoms with E-state index in [2.05, 4.69) is 13.8 Å². The number of hydrogen-bond acceptors (Lipinski definition) is 4. The second-order valence-corrected chi connectivity index (χ2v) is 6.27. The Balaban J connectivity index is 0.000000281. The summed E-state index contributed by atoms with van der Waals surface area (Å²) >= 11 is 0. The largest absolute Gasteiger partial charge is 0.457 e. The molecule has 0 aliphatic heterocycles. The lowest BCUT2D eigenvalue weighted by atomic mass is 10.3. The van der Waals surface area contributed by atoms with E-state index in [1.165, 1.54) is 12.8 Å². The molecule has 0 saturated carbocycles. The molecule has 2 rings (SSSR count). The SMILES string of the molecule is CCCCOCCOCCOCCCC.c1ccc(Oc2ccccc2)cc1. The number of hydrogen-bond donors (Lipinski definition) is 0. The van der Waals surface area contributed by atoms with E-state index >= 15 is 0 Å². The maximum Gasteiger partial charge on any atom is 0.127 e. The highest BCUT2D eigenvalue weighted by atomic mass is 16.5. The van der Waals surface area contributed by atoms with E-state index in [0.29, 0.717) is 26.4 Å². The molecule has 0 amide bonds. The van der Waals surface area contributed by atoms with E-state index in [1.807, 2.05) is 60.7 Å². The molecular formula is C24H36O4. The third-order valence-electron chi connectivity index (χ3n) is 3.75. The van der Waals surface area contributed by atoms with Crippen LogP contribution in [-0.4, -0.2) is 39.6 Å². The second kappa shape index (κ2) is 18.5. The maximum atomic E-state index is 5.58. The van der Waals surface area contributed by atoms with Crippen LogP contribution in [0, 0.1) is 0 Å². The highest BCUT2D eigenvalue weighted by molar-refractivity contribution is 5.30. The van der Waals surface area contributed by atoms with Gasteiger partial charge in [-0.3, -0.25) is 0 Å². The highest BCUT2D eigenvalue weighted by Gasteiger charge is 1.93. The Kier molecular flexibility index (Phi) is 15.9. The third-order valence-corrected chi connectivity index (χ3v) is 3.75. The van der Waals surface area contributed by atoms with Crippen LogP contribution in [0.2, 0.25) is 0 Å². The first kappa shape index (κ1) is 24.2. The van der Waals surface area contributed by atoms with E-state index in [-0.39, 0.29) is 0 Å². The summed E-state index contributed by atoms with van der Waals surface area (Å²) in [6, 6.07) is 19.5. The predicted octanol–water partition coefficient (Wildman–Crippen LogP) is 6.12. The number of para-hydroxylation sites is 2. The van der Waals surface area contributed by atoms with Gasteiger partial charge in [-0.15, -0.1) is 0 Å². The van der Waals surface area contributed by atoms with Gasteiger partial charge in [0, 0.05) is 13.2 Å². The zero-order valence-corrected chi connectivity index (χ0v) is 17.5. The van der Waals surface area contributed by atoms with Gasteiger partial charge in [0.1, 0.15) is 11.5 Å². The Labute approximate surface area is 170 Å². The average molecular weight is 389 g/mol. The molecule has 156 valence electrons. The van der Waals surface area contributed by atoms with Crippen molar-refractivity contribution < 1.29 is 18.9 Å². The molecule has 0 aliphatic rings. The quantitative estimate of drug-likeness (QED) is 0.366. The van der Waals surface area contributed by atoms with Crippen LogP contribution in [0.1, 0.15) is 39.5 Å². The second-order valence-electron chi connectivity index (χ2n) is 6.27. The number of unbranched alkanes of at least 4 members (excludes halogenated alkanes) is 2. The van der Waals surface area contributed by atoms with Crippen LogP contribution in [0.3, 0.4) is 0 Å². The molecule has 0 unspecified atom stereocenters. The molecule has 0 fully saturated rings. The number of ether oxygens (including phenoxy) is 4. The van der Waals surface area contributed by atoms with Crippen LogP contribution >= 0.6 is 0 Å². The van der Waals surface area contributed by atoms with E-state index in [4.69, 9.17) is 18.9 Å². The van der Waals surface area contributed by atoms with Gasteiger partial charge < -0.3 is 18.9 Å². The predicted molar refractivity (Wildman–Crippen MR) is 115 cm³/mol. The number of rotatable bonds is 14. The molecule has 0 N–H and O–H groups in total. The lowest BCUT2D eigenvalue weighted by Gasteiger charge is -2.06. The van der Waals surface area contributed by atoms with Crippen molar-refractivity contribution in [2.45, 2.75) is 39.5 Å². The van der Waals surface area contributed by atoms with Gasteiger partial charge in [0.15, 0.2) is 0 Å². The fourth-order valence-corrected chi connectivity index (χ4v) is 2.15. The minimum atomic E-state index is 0.681. The van der Waals surface area contributed by atoms with Crippen LogP contribution in [0.15, 0.2) is 60.7 Å². The van der Waals surface area contributed by atoms with Gasteiger partial charge in [-0.25, -0.2) is 0 Å². The summed E-state index contributed by atoms with van der Waals surface area (Å²) < 4.78 is 21.6. The van der Waals surface area contributed by atoms with E-state index < -0.39 is 0 Å². The summed E-state index contributed by atoms with van der Waals surface area (Å²) in [4.78, 5) is 0. The molecule has 0 saturated heterocycles. The van der Waals surface area contributed by atoms with Gasteiger partial charge in [0.2, 0.25) is 0 Å². The molecular weight excluding hydrogens is 352 g/mol. The van der Waals surface area contributed by atoms with Crippen molar-refractivity contribution in [3.05, 3.63) is 60.7 Å². The smallest absolute Gasteiger partial charge is 0.127 e. The molecule has 0 aromatic heterocycles. The molecule has 2 aromatic rings. The van der Waals surface area contributed by atoms with Crippen molar-refractivity contribution in [1.29, 1.82) is 0 Å². The fraction of sp³-hybridized carbons (Fsp3) is 0.500. The van der Waals surface area contributed by atoms with Crippen molar-refractivity contribution in [2.24, 2.45) is 0 Å². The van der Waals surface area contributed by atoms with Crippen LogP contribution in [-0.2, 0) is 14.2 Å². The lowest BCUT2D eigenvalue weighted by Crippen LogP contribution is -2.10. The van der Waals surface area contributed by atoms with Crippen LogP contribution in [0.25, 0.3) is 0 Å². The van der Waals surface area contributed by atoms with Crippen molar-refractivity contribution in [3.8, 4) is 11.5 Å². The summed E-state index contributed by atoms with van der Waals surface area (Å²) in [5, 5.41) is 0. The normalized spacial score (nSPS) is 10.2. The average Bonchev–Trinajstić information content (AvgIpc) is 2.74. The highest BCUT2D eigenvalue weighted by Crippen LogP contribution is 2.19. The van der Waals surface area contributed by atoms with Gasteiger partial charge in [-0.1, -0.05) is 63.1 Å². The molecule has 0 radical (unpaired) electrons. The minimum Gasteiger partial charge on any atom is -0.457 e. The van der Waals surface area contributed by atoms with Gasteiger partial charge >= 0.3 is 0 Å². The molecule has 4 nitrogen and oxygen atoms in total. The summed E-state index contributed by atoms with van der Waals surface area (Å²) in [5.41, 5.74) is 0. The van der Waals surface area contributed by atoms with Crippen LogP contribution < -0.4 is 4.74 Å². The van der Waals surface area contributed by atoms with Crippen LogP contribution in [0.5, 0.6) is 11.5 Å². The van der Waals surface area contributed by atoms with Gasteiger partial charge in [-0.2, -0.15) is 0 Å². The molecule has 28 heavy (non-hydrogen) atoms. The lowest BCUT2D eigenvalue weighted by molar-refractivity contribution is 0.0136. The van der Waals surface area contributed by atoms with Crippen molar-refractivity contribution in [1.82, 2.24) is 0 Å². The number of benzene rings is 2. The summed E-state index contributed by atoms with van der Waals surface area (Å²) in [6.45, 7) is 8.80. The third kappa shape index (κ3) is 14.2. The molecule has 0 heterocycles. The zero-order valence-electron chi connectivity index (χ0n) is 17.5. The van der Waals surface area contributed by atoms with Crippen molar-refractivity contribution in [2.75, 3.05) is 39.6 Å². The van der Waals surface area contributed by atoms with E-state index in [1.54, 1.807) is 0 Å². The van der Waals surface area contributed by atoms with Gasteiger partial charge in [-0.05, 0) is 37.1 Å². The standard InChI is InChI=1S/C12H26O3.C12H10O/c1-3-5-7-13-9-11-15-12-10-14-8-6-4-2;1-3-7-11(8-4-1)13-12-9-5-2-6-10-12/h3-12H2,1-2H3;1-10H. The topological polar surface area (TPSA) is 36.9 Å². The molecule has 0 spiro atoms. The fourth-order valence-electron chi connectivity index (χ4n) is 2.15. The first-order valence-electron chi connectivity index (χ1n) is 10.4. The van der Waals surface area contributed by atoms with E-state index in [0.717, 1.165) is 37.6 Å². The molecule has 0 atom stereocenters. The Hall–Kier alpha value is -1.88. The molecule has 0 bridgehead atoms. The summed E-state index contributed by atoms with van der Waals surface area (Å²) in [7, 11) is 0. The Morgan fingerprint density at radius 2 is 0.857 bits per heavy atom. The van der Waals surface area contributed by atoms with Gasteiger partial charge in [0.05, 0.1) is 26.4 Å². The Bertz CT molecular complexity index is 496. The summed E-state index contributed by atoms with van der Waals surface area (Å²) in [5.74, 6) is 1.74. The van der Waals surface area contributed by atoms with Crippen LogP contribution in [0.4, 0.5) is 0 Å². The Morgan fingerprint density at radius 1 is 0.500 bits per heavy atom. The first-order valence-corrected chi connectivity index (χ1v) is 10.4. The Morgan fingerprint density at radius 3 is 1.21 bits per heavy atom. The summed E-state index contributed by atoms with van der Waals surface area (Å²) in [6.07, 6.45) is 4.65. The van der Waals surface area contributed by atoms with Crippen molar-refractivity contribution >= 4 is 0 Å². The minimum absolute atomic E-state index is 0.681. The molecule has 2 aromatic carbocycles. The monoisotopic (exact) mass is 388 g/mol. The first-order chi connectivity index (χ1) is 13.9. The van der Waals surface area contributed by atoms with Crippen molar-refractivity contribution in [3.63, 3.8) is 0 Å². The van der Waals surface area contributed by atoms with E-state index in [9.17, 15) is 0 Å². The zero-order chi connectivity index (χ0) is 20.1. The molecule has 0 aliphatic carbocycles. The maximum absolute atomic E-state index is 5.58.